The molecular formula is C22H45IO3S. The topological polar surface area (TPSA) is 43.4 Å². The van der Waals surface area contributed by atoms with Gasteiger partial charge in [0, 0.05) is 11.5 Å². The normalized spacial score (nSPS) is 13.1. The van der Waals surface area contributed by atoms with E-state index in [0.29, 0.717) is 5.75 Å². The van der Waals surface area contributed by atoms with Crippen molar-refractivity contribution in [3.05, 3.63) is 0 Å². The molecule has 3 nitrogen and oxygen atoms in total. The van der Waals surface area contributed by atoms with E-state index < -0.39 is 9.84 Å². The van der Waals surface area contributed by atoms with Crippen molar-refractivity contribution in [3.8, 4) is 0 Å². The van der Waals surface area contributed by atoms with E-state index in [1.165, 1.54) is 89.9 Å². The highest BCUT2D eigenvalue weighted by molar-refractivity contribution is 14.1. The fraction of sp³-hybridized carbons (Fsp3) is 1.00. The van der Waals surface area contributed by atoms with Gasteiger partial charge in [-0.1, -0.05) is 126 Å². The minimum absolute atomic E-state index is 0.156. The molecule has 5 heteroatoms. The molecule has 1 atom stereocenters. The van der Waals surface area contributed by atoms with Gasteiger partial charge >= 0.3 is 0 Å². The summed E-state index contributed by atoms with van der Waals surface area (Å²) in [4.78, 5) is 0. The van der Waals surface area contributed by atoms with Crippen molar-refractivity contribution in [1.82, 2.24) is 0 Å². The SMILES string of the molecule is CCCCCCCCCCCCCCCCCCS(=O)(=O)CC(CI)OC. The zero-order valence-corrected chi connectivity index (χ0v) is 21.0. The summed E-state index contributed by atoms with van der Waals surface area (Å²) in [6, 6.07) is 0. The van der Waals surface area contributed by atoms with Gasteiger partial charge in [-0.15, -0.1) is 0 Å². The van der Waals surface area contributed by atoms with Gasteiger partial charge < -0.3 is 4.74 Å². The number of halogens is 1. The maximum atomic E-state index is 12.0. The molecule has 0 aliphatic heterocycles. The zero-order chi connectivity index (χ0) is 20.2. The van der Waals surface area contributed by atoms with Crippen LogP contribution in [0.15, 0.2) is 0 Å². The second kappa shape index (κ2) is 19.9. The minimum Gasteiger partial charge on any atom is -0.380 e. The van der Waals surface area contributed by atoms with Gasteiger partial charge in [0.15, 0.2) is 9.84 Å². The van der Waals surface area contributed by atoms with Crippen LogP contribution < -0.4 is 0 Å². The minimum atomic E-state index is -2.95. The lowest BCUT2D eigenvalue weighted by atomic mass is 10.0. The standard InChI is InChI=1S/C22H45IO3S/c1-3-4-5-6-7-8-9-10-11-12-13-14-15-16-17-18-19-27(24,25)21-22(20-23)26-2/h22H,3-21H2,1-2H3. The first-order valence-electron chi connectivity index (χ1n) is 11.3. The first-order valence-corrected chi connectivity index (χ1v) is 14.7. The van der Waals surface area contributed by atoms with E-state index >= 15 is 0 Å². The average Bonchev–Trinajstić information content (AvgIpc) is 2.65. The van der Waals surface area contributed by atoms with Crippen molar-refractivity contribution in [1.29, 1.82) is 0 Å². The van der Waals surface area contributed by atoms with Crippen LogP contribution in [0, 0.1) is 0 Å². The molecule has 164 valence electrons. The lowest BCUT2D eigenvalue weighted by molar-refractivity contribution is 0.142. The Morgan fingerprint density at radius 3 is 1.41 bits per heavy atom. The zero-order valence-electron chi connectivity index (χ0n) is 18.0. The number of ether oxygens (including phenoxy) is 1. The number of hydrogen-bond donors (Lipinski definition) is 0. The highest BCUT2D eigenvalue weighted by Crippen LogP contribution is 2.14. The third kappa shape index (κ3) is 19.7. The molecule has 0 saturated carbocycles. The molecule has 0 saturated heterocycles. The molecule has 0 aromatic heterocycles. The van der Waals surface area contributed by atoms with E-state index in [2.05, 4.69) is 29.5 Å². The second-order valence-corrected chi connectivity index (χ2v) is 11.0. The number of sulfone groups is 1. The number of rotatable bonds is 21. The summed E-state index contributed by atoms with van der Waals surface area (Å²) in [5.41, 5.74) is 0. The smallest absolute Gasteiger partial charge is 0.152 e. The summed E-state index contributed by atoms with van der Waals surface area (Å²) < 4.78 is 30.0. The summed E-state index contributed by atoms with van der Waals surface area (Å²) in [7, 11) is -1.36. The largest absolute Gasteiger partial charge is 0.380 e. The molecule has 1 unspecified atom stereocenters. The lowest BCUT2D eigenvalue weighted by Gasteiger charge is -2.12. The molecule has 0 bridgehead atoms. The van der Waals surface area contributed by atoms with Gasteiger partial charge in [0.05, 0.1) is 17.6 Å². The van der Waals surface area contributed by atoms with Gasteiger partial charge in [-0.25, -0.2) is 8.42 Å². The Kier molecular flexibility index (Phi) is 20.4. The Labute approximate surface area is 183 Å². The average molecular weight is 517 g/mol. The van der Waals surface area contributed by atoms with Gasteiger partial charge in [-0.05, 0) is 6.42 Å². The van der Waals surface area contributed by atoms with Crippen molar-refractivity contribution in [2.24, 2.45) is 0 Å². The van der Waals surface area contributed by atoms with Gasteiger partial charge in [-0.3, -0.25) is 0 Å². The van der Waals surface area contributed by atoms with Crippen LogP contribution in [0.4, 0.5) is 0 Å². The van der Waals surface area contributed by atoms with Crippen LogP contribution in [0.3, 0.4) is 0 Å². The molecule has 0 rings (SSSR count). The van der Waals surface area contributed by atoms with Gasteiger partial charge in [0.1, 0.15) is 0 Å². The predicted molar refractivity (Wildman–Crippen MR) is 128 cm³/mol. The molecule has 0 aliphatic carbocycles. The molecule has 0 fully saturated rings. The molecule has 0 aliphatic rings. The molecular weight excluding hydrogens is 471 g/mol. The first kappa shape index (κ1) is 27.6. The molecule has 0 heterocycles. The van der Waals surface area contributed by atoms with Crippen LogP contribution in [0.5, 0.6) is 0 Å². The molecule has 0 radical (unpaired) electrons. The summed E-state index contributed by atoms with van der Waals surface area (Å²) in [5, 5.41) is 0. The van der Waals surface area contributed by atoms with Crippen LogP contribution in [0.1, 0.15) is 110 Å². The third-order valence-corrected chi connectivity index (χ3v) is 8.03. The van der Waals surface area contributed by atoms with E-state index in [1.807, 2.05) is 0 Å². The number of unbranched alkanes of at least 4 members (excludes halogenated alkanes) is 15. The second-order valence-electron chi connectivity index (χ2n) is 7.93. The number of alkyl halides is 1. The first-order chi connectivity index (χ1) is 13.1. The summed E-state index contributed by atoms with van der Waals surface area (Å²) in [6.07, 6.45) is 20.8. The Morgan fingerprint density at radius 2 is 1.07 bits per heavy atom. The van der Waals surface area contributed by atoms with Crippen LogP contribution >= 0.6 is 22.6 Å². The lowest BCUT2D eigenvalue weighted by Crippen LogP contribution is -2.26. The van der Waals surface area contributed by atoms with Crippen LogP contribution in [0.2, 0.25) is 0 Å². The fourth-order valence-corrected chi connectivity index (χ4v) is 6.14. The van der Waals surface area contributed by atoms with E-state index in [0.717, 1.165) is 17.3 Å². The molecule has 27 heavy (non-hydrogen) atoms. The molecule has 0 aromatic carbocycles. The quantitative estimate of drug-likeness (QED) is 0.0928. The van der Waals surface area contributed by atoms with Gasteiger partial charge in [0.25, 0.3) is 0 Å². The van der Waals surface area contributed by atoms with Crippen LogP contribution in [0.25, 0.3) is 0 Å². The van der Waals surface area contributed by atoms with E-state index in [1.54, 1.807) is 7.11 Å². The Bertz CT molecular complexity index is 394. The van der Waals surface area contributed by atoms with Crippen molar-refractivity contribution >= 4 is 32.4 Å². The molecule has 0 amide bonds. The van der Waals surface area contributed by atoms with Crippen LogP contribution in [-0.4, -0.2) is 37.6 Å². The van der Waals surface area contributed by atoms with Crippen LogP contribution in [-0.2, 0) is 14.6 Å². The van der Waals surface area contributed by atoms with E-state index in [9.17, 15) is 8.42 Å². The Hall–Kier alpha value is 0.640. The summed E-state index contributed by atoms with van der Waals surface area (Å²) in [6.45, 7) is 2.27. The maximum Gasteiger partial charge on any atom is 0.152 e. The Morgan fingerprint density at radius 1 is 0.704 bits per heavy atom. The van der Waals surface area contributed by atoms with Crippen molar-refractivity contribution in [3.63, 3.8) is 0 Å². The van der Waals surface area contributed by atoms with Gasteiger partial charge in [-0.2, -0.15) is 0 Å². The van der Waals surface area contributed by atoms with E-state index in [4.69, 9.17) is 4.74 Å². The molecule has 0 spiro atoms. The summed E-state index contributed by atoms with van der Waals surface area (Å²) >= 11 is 2.18. The van der Waals surface area contributed by atoms with Crippen molar-refractivity contribution in [2.75, 3.05) is 23.0 Å². The highest BCUT2D eigenvalue weighted by atomic mass is 127. The maximum absolute atomic E-state index is 12.0. The molecule has 0 N–H and O–H groups in total. The van der Waals surface area contributed by atoms with Gasteiger partial charge in [0.2, 0.25) is 0 Å². The van der Waals surface area contributed by atoms with Crippen molar-refractivity contribution in [2.45, 2.75) is 116 Å². The monoisotopic (exact) mass is 516 g/mol. The third-order valence-electron chi connectivity index (χ3n) is 5.25. The van der Waals surface area contributed by atoms with Crippen molar-refractivity contribution < 1.29 is 13.2 Å². The summed E-state index contributed by atoms with van der Waals surface area (Å²) in [5.74, 6) is 0.493. The number of hydrogen-bond acceptors (Lipinski definition) is 3. The number of methoxy groups -OCH3 is 1. The molecule has 0 aromatic rings. The fourth-order valence-electron chi connectivity index (χ4n) is 3.41. The highest BCUT2D eigenvalue weighted by Gasteiger charge is 2.17. The predicted octanol–water partition coefficient (Wildman–Crippen LogP) is 7.11. The Balaban J connectivity index is 3.31. The van der Waals surface area contributed by atoms with E-state index in [-0.39, 0.29) is 11.9 Å².